The van der Waals surface area contributed by atoms with Crippen molar-refractivity contribution in [3.05, 3.63) is 33.0 Å². The summed E-state index contributed by atoms with van der Waals surface area (Å²) < 4.78 is 0. The molecular weight excluding hydrogens is 262 g/mol. The van der Waals surface area contributed by atoms with Crippen LogP contribution in [0.4, 0.5) is 5.13 Å². The third-order valence-corrected chi connectivity index (χ3v) is 5.71. The summed E-state index contributed by atoms with van der Waals surface area (Å²) in [6, 6.07) is 2.63. The monoisotopic (exact) mass is 279 g/mol. The van der Waals surface area contributed by atoms with E-state index in [1.165, 1.54) is 10.4 Å². The number of thiazole rings is 1. The van der Waals surface area contributed by atoms with Gasteiger partial charge in [-0.1, -0.05) is 0 Å². The van der Waals surface area contributed by atoms with Crippen molar-refractivity contribution in [2.45, 2.75) is 25.9 Å². The highest BCUT2D eigenvalue weighted by Gasteiger charge is 2.20. The smallest absolute Gasteiger partial charge is 0.185 e. The van der Waals surface area contributed by atoms with Gasteiger partial charge in [-0.2, -0.15) is 0 Å². The highest BCUT2D eigenvalue weighted by atomic mass is 32.1. The number of fused-ring (bicyclic) bond motifs is 1. The molecule has 1 unspecified atom stereocenters. The van der Waals surface area contributed by atoms with Crippen LogP contribution in [0.1, 0.15) is 28.3 Å². The number of thiophene rings is 1. The first-order chi connectivity index (χ1) is 8.78. The van der Waals surface area contributed by atoms with Crippen LogP contribution in [0.5, 0.6) is 0 Å². The minimum absolute atomic E-state index is 0.387. The van der Waals surface area contributed by atoms with E-state index in [1.807, 2.05) is 24.6 Å². The molecule has 1 aliphatic heterocycles. The van der Waals surface area contributed by atoms with Gasteiger partial charge in [-0.3, -0.25) is 0 Å². The van der Waals surface area contributed by atoms with Gasteiger partial charge in [-0.15, -0.1) is 22.7 Å². The summed E-state index contributed by atoms with van der Waals surface area (Å²) in [5.74, 6) is 0. The van der Waals surface area contributed by atoms with Gasteiger partial charge < -0.3 is 10.2 Å². The second-order valence-electron chi connectivity index (χ2n) is 4.60. The van der Waals surface area contributed by atoms with E-state index in [2.05, 4.69) is 33.6 Å². The average Bonchev–Trinajstić information content (AvgIpc) is 3.05. The Hall–Kier alpha value is -0.910. The van der Waals surface area contributed by atoms with Crippen molar-refractivity contribution in [2.75, 3.05) is 18.5 Å². The summed E-state index contributed by atoms with van der Waals surface area (Å²) in [6.07, 6.45) is 3.16. The van der Waals surface area contributed by atoms with Gasteiger partial charge in [-0.05, 0) is 37.4 Å². The number of nitrogens with one attached hydrogen (secondary N) is 1. The summed E-state index contributed by atoms with van der Waals surface area (Å²) in [6.45, 7) is 4.28. The molecule has 0 saturated carbocycles. The Bertz CT molecular complexity index is 532. The Kier molecular flexibility index (Phi) is 3.37. The Labute approximate surface area is 115 Å². The van der Waals surface area contributed by atoms with Crippen molar-refractivity contribution in [3.8, 4) is 0 Å². The first-order valence-electron chi connectivity index (χ1n) is 6.21. The molecular formula is C13H17N3S2. The van der Waals surface area contributed by atoms with E-state index in [-0.39, 0.29) is 0 Å². The topological polar surface area (TPSA) is 28.2 Å². The molecule has 0 amide bonds. The van der Waals surface area contributed by atoms with E-state index in [0.717, 1.165) is 24.6 Å². The molecule has 3 nitrogen and oxygen atoms in total. The third kappa shape index (κ3) is 2.18. The number of nitrogens with zero attached hydrogens (tertiary/aromatic N) is 2. The molecule has 1 aliphatic rings. The molecule has 2 aromatic rings. The predicted molar refractivity (Wildman–Crippen MR) is 78.7 cm³/mol. The Morgan fingerprint density at radius 1 is 1.50 bits per heavy atom. The van der Waals surface area contributed by atoms with Gasteiger partial charge in [0.25, 0.3) is 0 Å². The lowest BCUT2D eigenvalue weighted by Crippen LogP contribution is -2.29. The summed E-state index contributed by atoms with van der Waals surface area (Å²) in [5.41, 5.74) is 1.48. The molecule has 0 spiro atoms. The zero-order valence-electron chi connectivity index (χ0n) is 10.6. The first-order valence-corrected chi connectivity index (χ1v) is 7.90. The molecule has 3 heterocycles. The van der Waals surface area contributed by atoms with Crippen LogP contribution in [-0.4, -0.2) is 18.6 Å². The standard InChI is InChI=1S/C13H17N3S2/c1-9(14-2)12-7-15-13(18-12)16-5-3-11-10(8-16)4-6-17-11/h4,6-7,9,14H,3,5,8H2,1-2H3. The maximum absolute atomic E-state index is 4.57. The van der Waals surface area contributed by atoms with Crippen molar-refractivity contribution < 1.29 is 0 Å². The van der Waals surface area contributed by atoms with E-state index >= 15 is 0 Å². The van der Waals surface area contributed by atoms with E-state index < -0.39 is 0 Å². The molecule has 2 aromatic heterocycles. The lowest BCUT2D eigenvalue weighted by molar-refractivity contribution is 0.662. The molecule has 0 radical (unpaired) electrons. The van der Waals surface area contributed by atoms with Crippen LogP contribution in [0, 0.1) is 0 Å². The fourth-order valence-corrected chi connectivity index (χ4v) is 4.07. The molecule has 3 rings (SSSR count). The van der Waals surface area contributed by atoms with Crippen LogP contribution in [0.25, 0.3) is 0 Å². The number of hydrogen-bond donors (Lipinski definition) is 1. The summed E-state index contributed by atoms with van der Waals surface area (Å²) in [7, 11) is 1.99. The third-order valence-electron chi connectivity index (χ3n) is 3.45. The van der Waals surface area contributed by atoms with Crippen LogP contribution in [-0.2, 0) is 13.0 Å². The number of anilines is 1. The fraction of sp³-hybridized carbons (Fsp3) is 0.462. The van der Waals surface area contributed by atoms with Gasteiger partial charge in [-0.25, -0.2) is 4.98 Å². The Morgan fingerprint density at radius 2 is 2.39 bits per heavy atom. The van der Waals surface area contributed by atoms with Crippen LogP contribution in [0.15, 0.2) is 17.6 Å². The van der Waals surface area contributed by atoms with Gasteiger partial charge in [0.1, 0.15) is 0 Å². The van der Waals surface area contributed by atoms with Crippen molar-refractivity contribution >= 4 is 27.8 Å². The first kappa shape index (κ1) is 12.1. The molecule has 0 aliphatic carbocycles. The Balaban J connectivity index is 1.78. The Morgan fingerprint density at radius 3 is 3.22 bits per heavy atom. The molecule has 5 heteroatoms. The lowest BCUT2D eigenvalue weighted by Gasteiger charge is -2.26. The SMILES string of the molecule is CNC(C)c1cnc(N2CCc3sccc3C2)s1. The van der Waals surface area contributed by atoms with Crippen molar-refractivity contribution in [1.29, 1.82) is 0 Å². The summed E-state index contributed by atoms with van der Waals surface area (Å²) in [5, 5.41) is 6.62. The largest absolute Gasteiger partial charge is 0.343 e. The average molecular weight is 279 g/mol. The molecule has 0 aromatic carbocycles. The maximum Gasteiger partial charge on any atom is 0.185 e. The second kappa shape index (κ2) is 4.99. The van der Waals surface area contributed by atoms with Gasteiger partial charge in [0, 0.05) is 35.1 Å². The number of hydrogen-bond acceptors (Lipinski definition) is 5. The molecule has 1 atom stereocenters. The summed E-state index contributed by atoms with van der Waals surface area (Å²) in [4.78, 5) is 9.83. The molecule has 0 bridgehead atoms. The molecule has 1 N–H and O–H groups in total. The zero-order valence-corrected chi connectivity index (χ0v) is 12.3. The maximum atomic E-state index is 4.57. The molecule has 18 heavy (non-hydrogen) atoms. The van der Waals surface area contributed by atoms with Crippen molar-refractivity contribution in [3.63, 3.8) is 0 Å². The van der Waals surface area contributed by atoms with Gasteiger partial charge in [0.05, 0.1) is 0 Å². The lowest BCUT2D eigenvalue weighted by atomic mass is 10.1. The van der Waals surface area contributed by atoms with Crippen molar-refractivity contribution in [1.82, 2.24) is 10.3 Å². The number of rotatable bonds is 3. The quantitative estimate of drug-likeness (QED) is 0.936. The minimum Gasteiger partial charge on any atom is -0.343 e. The van der Waals surface area contributed by atoms with E-state index in [1.54, 1.807) is 16.2 Å². The zero-order chi connectivity index (χ0) is 12.5. The van der Waals surface area contributed by atoms with Gasteiger partial charge >= 0.3 is 0 Å². The van der Waals surface area contributed by atoms with E-state index in [4.69, 9.17) is 0 Å². The van der Waals surface area contributed by atoms with Crippen molar-refractivity contribution in [2.24, 2.45) is 0 Å². The molecule has 96 valence electrons. The van der Waals surface area contributed by atoms with Gasteiger partial charge in [0.2, 0.25) is 0 Å². The van der Waals surface area contributed by atoms with Crippen LogP contribution < -0.4 is 10.2 Å². The fourth-order valence-electron chi connectivity index (χ4n) is 2.18. The van der Waals surface area contributed by atoms with E-state index in [0.29, 0.717) is 6.04 Å². The normalized spacial score (nSPS) is 16.7. The molecule has 0 saturated heterocycles. The van der Waals surface area contributed by atoms with Crippen LogP contribution >= 0.6 is 22.7 Å². The van der Waals surface area contributed by atoms with Crippen LogP contribution in [0.3, 0.4) is 0 Å². The number of aromatic nitrogens is 1. The highest BCUT2D eigenvalue weighted by Crippen LogP contribution is 2.32. The van der Waals surface area contributed by atoms with Crippen LogP contribution in [0.2, 0.25) is 0 Å². The summed E-state index contributed by atoms with van der Waals surface area (Å²) >= 11 is 3.69. The minimum atomic E-state index is 0.387. The van der Waals surface area contributed by atoms with E-state index in [9.17, 15) is 0 Å². The predicted octanol–water partition coefficient (Wildman–Crippen LogP) is 3.05. The second-order valence-corrected chi connectivity index (χ2v) is 6.64. The molecule has 0 fully saturated rings. The van der Waals surface area contributed by atoms with Gasteiger partial charge in [0.15, 0.2) is 5.13 Å². The highest BCUT2D eigenvalue weighted by molar-refractivity contribution is 7.15.